The summed E-state index contributed by atoms with van der Waals surface area (Å²) >= 11 is 5.93. The Labute approximate surface area is 126 Å². The molecule has 0 aliphatic carbocycles. The number of oxazole rings is 1. The van der Waals surface area contributed by atoms with Gasteiger partial charge in [-0.05, 0) is 35.9 Å². The first-order valence-electron chi connectivity index (χ1n) is 6.38. The molecule has 0 radical (unpaired) electrons. The van der Waals surface area contributed by atoms with Crippen molar-refractivity contribution in [3.63, 3.8) is 0 Å². The van der Waals surface area contributed by atoms with Gasteiger partial charge in [0.05, 0.1) is 13.5 Å². The minimum Gasteiger partial charge on any atom is -0.469 e. The van der Waals surface area contributed by atoms with Crippen LogP contribution in [0.3, 0.4) is 0 Å². The summed E-state index contributed by atoms with van der Waals surface area (Å²) in [5.41, 5.74) is 3.13. The molecule has 0 spiro atoms. The quantitative estimate of drug-likeness (QED) is 0.689. The molecule has 2 aromatic carbocycles. The number of carbonyl (C=O) groups is 1. The Morgan fingerprint density at radius 2 is 2.00 bits per heavy atom. The molecule has 5 heteroatoms. The molecule has 21 heavy (non-hydrogen) atoms. The van der Waals surface area contributed by atoms with Gasteiger partial charge < -0.3 is 9.15 Å². The first-order valence-corrected chi connectivity index (χ1v) is 6.76. The Kier molecular flexibility index (Phi) is 3.62. The number of benzene rings is 2. The molecule has 0 aliphatic rings. The molecular formula is C16H12ClNO3. The summed E-state index contributed by atoms with van der Waals surface area (Å²) in [5.74, 6) is 0.260. The van der Waals surface area contributed by atoms with Gasteiger partial charge >= 0.3 is 5.97 Å². The maximum Gasteiger partial charge on any atom is 0.309 e. The molecule has 0 saturated heterocycles. The van der Waals surface area contributed by atoms with E-state index in [-0.39, 0.29) is 12.4 Å². The molecule has 0 N–H and O–H groups in total. The largest absolute Gasteiger partial charge is 0.469 e. The van der Waals surface area contributed by atoms with Gasteiger partial charge in [-0.1, -0.05) is 23.7 Å². The fourth-order valence-electron chi connectivity index (χ4n) is 2.03. The van der Waals surface area contributed by atoms with E-state index in [0.29, 0.717) is 16.5 Å². The third-order valence-electron chi connectivity index (χ3n) is 3.13. The Hall–Kier alpha value is -2.33. The summed E-state index contributed by atoms with van der Waals surface area (Å²) in [6.07, 6.45) is 0.250. The van der Waals surface area contributed by atoms with E-state index in [1.807, 2.05) is 24.3 Å². The fourth-order valence-corrected chi connectivity index (χ4v) is 2.19. The number of fused-ring (bicyclic) bond motifs is 1. The second kappa shape index (κ2) is 5.58. The van der Waals surface area contributed by atoms with Crippen molar-refractivity contribution in [3.05, 3.63) is 53.1 Å². The van der Waals surface area contributed by atoms with Crippen molar-refractivity contribution >= 4 is 28.7 Å². The summed E-state index contributed by atoms with van der Waals surface area (Å²) in [6.45, 7) is 0. The molecule has 0 bridgehead atoms. The van der Waals surface area contributed by atoms with E-state index in [1.54, 1.807) is 18.2 Å². The summed E-state index contributed by atoms with van der Waals surface area (Å²) in [5, 5.41) is 0.621. The zero-order valence-corrected chi connectivity index (χ0v) is 12.1. The number of carbonyl (C=O) groups excluding carboxylic acids is 1. The van der Waals surface area contributed by atoms with Crippen LogP contribution in [0.4, 0.5) is 0 Å². The molecule has 1 heterocycles. The normalized spacial score (nSPS) is 10.8. The predicted molar refractivity (Wildman–Crippen MR) is 80.2 cm³/mol. The van der Waals surface area contributed by atoms with E-state index < -0.39 is 0 Å². The van der Waals surface area contributed by atoms with Gasteiger partial charge in [0.25, 0.3) is 0 Å². The van der Waals surface area contributed by atoms with Gasteiger partial charge in [-0.3, -0.25) is 4.79 Å². The van der Waals surface area contributed by atoms with Crippen molar-refractivity contribution in [2.24, 2.45) is 0 Å². The molecule has 1 aromatic heterocycles. The van der Waals surface area contributed by atoms with Crippen LogP contribution in [0, 0.1) is 0 Å². The number of hydrogen-bond acceptors (Lipinski definition) is 4. The Morgan fingerprint density at radius 3 is 2.71 bits per heavy atom. The molecule has 0 aliphatic heterocycles. The summed E-state index contributed by atoms with van der Waals surface area (Å²) in [6, 6.07) is 12.8. The lowest BCUT2D eigenvalue weighted by Crippen LogP contribution is -2.04. The lowest BCUT2D eigenvalue weighted by atomic mass is 10.1. The molecular weight excluding hydrogens is 290 g/mol. The van der Waals surface area contributed by atoms with Crippen LogP contribution in [-0.4, -0.2) is 18.1 Å². The zero-order valence-electron chi connectivity index (χ0n) is 11.3. The van der Waals surface area contributed by atoms with Crippen molar-refractivity contribution in [1.29, 1.82) is 0 Å². The molecule has 4 nitrogen and oxygen atoms in total. The standard InChI is InChI=1S/C16H12ClNO3/c1-20-15(19)8-10-2-4-11(5-3-10)16-18-13-9-12(17)6-7-14(13)21-16/h2-7,9H,8H2,1H3. The van der Waals surface area contributed by atoms with Crippen molar-refractivity contribution in [3.8, 4) is 11.5 Å². The first-order chi connectivity index (χ1) is 10.2. The van der Waals surface area contributed by atoms with Crippen LogP contribution >= 0.6 is 11.6 Å². The molecule has 0 amide bonds. The second-order valence-corrected chi connectivity index (χ2v) is 5.02. The monoisotopic (exact) mass is 301 g/mol. The lowest BCUT2D eigenvalue weighted by Gasteiger charge is -2.00. The maximum atomic E-state index is 11.2. The second-order valence-electron chi connectivity index (χ2n) is 4.58. The summed E-state index contributed by atoms with van der Waals surface area (Å²) in [7, 11) is 1.38. The van der Waals surface area contributed by atoms with E-state index in [0.717, 1.165) is 16.6 Å². The van der Waals surface area contributed by atoms with Crippen molar-refractivity contribution in [2.45, 2.75) is 6.42 Å². The van der Waals surface area contributed by atoms with Gasteiger partial charge in [0.15, 0.2) is 5.58 Å². The van der Waals surface area contributed by atoms with Gasteiger partial charge in [-0.15, -0.1) is 0 Å². The van der Waals surface area contributed by atoms with Gasteiger partial charge in [-0.2, -0.15) is 0 Å². The highest BCUT2D eigenvalue weighted by molar-refractivity contribution is 6.31. The number of halogens is 1. The van der Waals surface area contributed by atoms with Gasteiger partial charge in [0.2, 0.25) is 5.89 Å². The van der Waals surface area contributed by atoms with Gasteiger partial charge in [-0.25, -0.2) is 4.98 Å². The van der Waals surface area contributed by atoms with Crippen LogP contribution in [0.25, 0.3) is 22.6 Å². The average molecular weight is 302 g/mol. The summed E-state index contributed by atoms with van der Waals surface area (Å²) in [4.78, 5) is 15.6. The van der Waals surface area contributed by atoms with Gasteiger partial charge in [0.1, 0.15) is 5.52 Å². The van der Waals surface area contributed by atoms with Crippen molar-refractivity contribution in [1.82, 2.24) is 4.98 Å². The third kappa shape index (κ3) is 2.90. The highest BCUT2D eigenvalue weighted by atomic mass is 35.5. The Balaban J connectivity index is 1.90. The molecule has 3 rings (SSSR count). The number of rotatable bonds is 3. The zero-order chi connectivity index (χ0) is 14.8. The maximum absolute atomic E-state index is 11.2. The van der Waals surface area contributed by atoms with Crippen LogP contribution < -0.4 is 0 Å². The highest BCUT2D eigenvalue weighted by Crippen LogP contribution is 2.26. The predicted octanol–water partition coefficient (Wildman–Crippen LogP) is 3.86. The molecule has 106 valence electrons. The van der Waals surface area contributed by atoms with Crippen LogP contribution in [0.2, 0.25) is 5.02 Å². The van der Waals surface area contributed by atoms with Crippen LogP contribution in [-0.2, 0) is 16.0 Å². The smallest absolute Gasteiger partial charge is 0.309 e. The summed E-state index contributed by atoms with van der Waals surface area (Å²) < 4.78 is 10.3. The molecule has 0 atom stereocenters. The number of nitrogens with zero attached hydrogens (tertiary/aromatic N) is 1. The number of aromatic nitrogens is 1. The molecule has 3 aromatic rings. The lowest BCUT2D eigenvalue weighted by molar-refractivity contribution is -0.139. The topological polar surface area (TPSA) is 52.3 Å². The van der Waals surface area contributed by atoms with Crippen molar-refractivity contribution in [2.75, 3.05) is 7.11 Å². The molecule has 0 fully saturated rings. The average Bonchev–Trinajstić information content (AvgIpc) is 2.90. The highest BCUT2D eigenvalue weighted by Gasteiger charge is 2.09. The van der Waals surface area contributed by atoms with E-state index in [2.05, 4.69) is 9.72 Å². The van der Waals surface area contributed by atoms with E-state index in [1.165, 1.54) is 7.11 Å². The van der Waals surface area contributed by atoms with Crippen molar-refractivity contribution < 1.29 is 13.9 Å². The van der Waals surface area contributed by atoms with Crippen LogP contribution in [0.5, 0.6) is 0 Å². The minimum atomic E-state index is -0.265. The fraction of sp³-hybridized carbons (Fsp3) is 0.125. The molecule has 0 saturated carbocycles. The number of methoxy groups -OCH3 is 1. The van der Waals surface area contributed by atoms with Gasteiger partial charge in [0, 0.05) is 10.6 Å². The van der Waals surface area contributed by atoms with E-state index in [9.17, 15) is 4.79 Å². The Bertz CT molecular complexity index is 793. The third-order valence-corrected chi connectivity index (χ3v) is 3.36. The first kappa shape index (κ1) is 13.6. The van der Waals surface area contributed by atoms with Crippen LogP contribution in [0.1, 0.15) is 5.56 Å². The molecule has 0 unspecified atom stereocenters. The van der Waals surface area contributed by atoms with Crippen LogP contribution in [0.15, 0.2) is 46.9 Å². The minimum absolute atomic E-state index is 0.250. The van der Waals surface area contributed by atoms with E-state index >= 15 is 0 Å². The number of esters is 1. The number of hydrogen-bond donors (Lipinski definition) is 0. The Morgan fingerprint density at radius 1 is 1.24 bits per heavy atom. The SMILES string of the molecule is COC(=O)Cc1ccc(-c2nc3cc(Cl)ccc3o2)cc1. The number of ether oxygens (including phenoxy) is 1. The van der Waals surface area contributed by atoms with E-state index in [4.69, 9.17) is 16.0 Å².